The lowest BCUT2D eigenvalue weighted by Gasteiger charge is -2.30. The number of rotatable bonds is 6. The van der Waals surface area contributed by atoms with Gasteiger partial charge in [0.15, 0.2) is 0 Å². The molecule has 1 unspecified atom stereocenters. The first-order chi connectivity index (χ1) is 12.1. The van der Waals surface area contributed by atoms with Crippen LogP contribution in [0.5, 0.6) is 0 Å². The second kappa shape index (κ2) is 11.5. The zero-order valence-electron chi connectivity index (χ0n) is 15.5. The van der Waals surface area contributed by atoms with Crippen LogP contribution in [0.3, 0.4) is 0 Å². The molecule has 1 atom stereocenters. The molecule has 0 saturated carbocycles. The highest BCUT2D eigenvalue weighted by Gasteiger charge is 2.23. The zero-order valence-corrected chi connectivity index (χ0v) is 17.1. The lowest BCUT2D eigenvalue weighted by Crippen LogP contribution is -2.39. The molecule has 2 saturated heterocycles. The van der Waals surface area contributed by atoms with E-state index in [9.17, 15) is 9.59 Å². The van der Waals surface area contributed by atoms with Crippen molar-refractivity contribution in [2.45, 2.75) is 38.1 Å². The molecule has 3 rings (SSSR count). The molecule has 0 bridgehead atoms. The monoisotopic (exact) mass is 416 g/mol. The number of nitrogens with zero attached hydrogens (tertiary/aromatic N) is 1. The summed E-state index contributed by atoms with van der Waals surface area (Å²) in [7, 11) is 0. The summed E-state index contributed by atoms with van der Waals surface area (Å²) in [5, 5.41) is 6.18. The van der Waals surface area contributed by atoms with Crippen molar-refractivity contribution in [3.05, 3.63) is 29.8 Å². The molecule has 2 aliphatic rings. The number of amides is 2. The zero-order chi connectivity index (χ0) is 17.6. The number of nitrogens with two attached hydrogens (primary N) is 1. The van der Waals surface area contributed by atoms with Crippen LogP contribution in [0.15, 0.2) is 24.3 Å². The number of hydrogen-bond donors (Lipinski definition) is 3. The van der Waals surface area contributed by atoms with E-state index in [1.54, 1.807) is 0 Å². The van der Waals surface area contributed by atoms with E-state index >= 15 is 0 Å². The molecule has 0 aliphatic carbocycles. The molecular weight excluding hydrogens is 387 g/mol. The fourth-order valence-electron chi connectivity index (χ4n) is 3.62. The third-order valence-electron chi connectivity index (χ3n) is 5.30. The summed E-state index contributed by atoms with van der Waals surface area (Å²) in [6.45, 7) is 3.79. The van der Waals surface area contributed by atoms with Gasteiger partial charge < -0.3 is 21.3 Å². The summed E-state index contributed by atoms with van der Waals surface area (Å²) >= 11 is 0. The molecule has 4 N–H and O–H groups in total. The second-order valence-electron chi connectivity index (χ2n) is 7.10. The van der Waals surface area contributed by atoms with Crippen LogP contribution in [-0.2, 0) is 16.0 Å². The van der Waals surface area contributed by atoms with Crippen LogP contribution in [0.1, 0.15) is 31.2 Å². The standard InChI is InChI=1S/C19H28N4O2.2ClH/c20-18(24)15-8-12-23(13-9-15)11-7-14-3-5-16(6-4-14)22-19(25)17-2-1-10-21-17;;/h3-6,15,17,21H,1-2,7-13H2,(H2,20,24)(H,22,25);2*1H. The lowest BCUT2D eigenvalue weighted by atomic mass is 9.96. The van der Waals surface area contributed by atoms with Crippen LogP contribution >= 0.6 is 24.8 Å². The molecule has 0 spiro atoms. The van der Waals surface area contributed by atoms with Crippen molar-refractivity contribution in [2.75, 3.05) is 31.5 Å². The Hall–Kier alpha value is -1.34. The number of carbonyl (C=O) groups excluding carboxylic acids is 2. The average Bonchev–Trinajstić information content (AvgIpc) is 3.16. The molecule has 152 valence electrons. The minimum Gasteiger partial charge on any atom is -0.369 e. The van der Waals surface area contributed by atoms with Crippen molar-refractivity contribution < 1.29 is 9.59 Å². The van der Waals surface area contributed by atoms with Crippen molar-refractivity contribution in [3.63, 3.8) is 0 Å². The molecule has 2 heterocycles. The summed E-state index contributed by atoms with van der Waals surface area (Å²) in [6, 6.07) is 8.05. The summed E-state index contributed by atoms with van der Waals surface area (Å²) in [5.41, 5.74) is 7.48. The maximum Gasteiger partial charge on any atom is 0.241 e. The highest BCUT2D eigenvalue weighted by Crippen LogP contribution is 2.18. The van der Waals surface area contributed by atoms with Gasteiger partial charge in [0.1, 0.15) is 0 Å². The van der Waals surface area contributed by atoms with E-state index in [1.807, 2.05) is 12.1 Å². The van der Waals surface area contributed by atoms with Gasteiger partial charge in [-0.05, 0) is 69.4 Å². The largest absolute Gasteiger partial charge is 0.369 e. The second-order valence-corrected chi connectivity index (χ2v) is 7.10. The van der Waals surface area contributed by atoms with Crippen LogP contribution < -0.4 is 16.4 Å². The Morgan fingerprint density at radius 2 is 1.78 bits per heavy atom. The van der Waals surface area contributed by atoms with Gasteiger partial charge in [0.2, 0.25) is 11.8 Å². The van der Waals surface area contributed by atoms with Gasteiger partial charge in [-0.25, -0.2) is 0 Å². The first-order valence-electron chi connectivity index (χ1n) is 9.26. The first-order valence-corrected chi connectivity index (χ1v) is 9.26. The normalized spacial score (nSPS) is 20.4. The van der Waals surface area contributed by atoms with E-state index in [1.165, 1.54) is 5.56 Å². The molecule has 0 aromatic heterocycles. The van der Waals surface area contributed by atoms with E-state index in [0.717, 1.165) is 64.0 Å². The molecule has 6 nitrogen and oxygen atoms in total. The van der Waals surface area contributed by atoms with Crippen LogP contribution in [0.4, 0.5) is 5.69 Å². The van der Waals surface area contributed by atoms with Crippen molar-refractivity contribution in [3.8, 4) is 0 Å². The van der Waals surface area contributed by atoms with E-state index in [4.69, 9.17) is 5.73 Å². The van der Waals surface area contributed by atoms with Crippen LogP contribution in [-0.4, -0.2) is 48.9 Å². The number of primary amides is 1. The minimum absolute atomic E-state index is 0. The summed E-state index contributed by atoms with van der Waals surface area (Å²) in [5.74, 6) is -0.0545. The number of anilines is 1. The SMILES string of the molecule is Cl.Cl.NC(=O)C1CCN(CCc2ccc(NC(=O)C3CCCN3)cc2)CC1. The van der Waals surface area contributed by atoms with E-state index in [0.29, 0.717) is 0 Å². The van der Waals surface area contributed by atoms with Gasteiger partial charge in [0.25, 0.3) is 0 Å². The topological polar surface area (TPSA) is 87.5 Å². The molecule has 1 aromatic carbocycles. The third-order valence-corrected chi connectivity index (χ3v) is 5.30. The Morgan fingerprint density at radius 3 is 2.33 bits per heavy atom. The maximum absolute atomic E-state index is 12.1. The van der Waals surface area contributed by atoms with Gasteiger partial charge in [-0.15, -0.1) is 24.8 Å². The van der Waals surface area contributed by atoms with Crippen LogP contribution in [0.2, 0.25) is 0 Å². The smallest absolute Gasteiger partial charge is 0.241 e. The third kappa shape index (κ3) is 6.96. The molecule has 2 amide bonds. The summed E-state index contributed by atoms with van der Waals surface area (Å²) in [4.78, 5) is 25.7. The van der Waals surface area contributed by atoms with Crippen LogP contribution in [0, 0.1) is 5.92 Å². The molecule has 8 heteroatoms. The predicted molar refractivity (Wildman–Crippen MR) is 113 cm³/mol. The molecule has 2 fully saturated rings. The van der Waals surface area contributed by atoms with Gasteiger partial charge in [-0.2, -0.15) is 0 Å². The van der Waals surface area contributed by atoms with Gasteiger partial charge in [-0.3, -0.25) is 9.59 Å². The number of halogens is 2. The number of nitrogens with one attached hydrogen (secondary N) is 2. The van der Waals surface area contributed by atoms with E-state index in [-0.39, 0.29) is 48.6 Å². The van der Waals surface area contributed by atoms with E-state index in [2.05, 4.69) is 27.7 Å². The maximum atomic E-state index is 12.1. The first kappa shape index (κ1) is 23.7. The highest BCUT2D eigenvalue weighted by atomic mass is 35.5. The number of hydrogen-bond acceptors (Lipinski definition) is 4. The Kier molecular flexibility index (Phi) is 10.1. The highest BCUT2D eigenvalue weighted by molar-refractivity contribution is 5.95. The van der Waals surface area contributed by atoms with Gasteiger partial charge in [0.05, 0.1) is 6.04 Å². The number of carbonyl (C=O) groups is 2. The van der Waals surface area contributed by atoms with Gasteiger partial charge >= 0.3 is 0 Å². The number of likely N-dealkylation sites (tertiary alicyclic amines) is 1. The molecule has 1 aromatic rings. The molecule has 2 aliphatic heterocycles. The fourth-order valence-corrected chi connectivity index (χ4v) is 3.62. The van der Waals surface area contributed by atoms with Gasteiger partial charge in [-0.1, -0.05) is 12.1 Å². The van der Waals surface area contributed by atoms with Crippen molar-refractivity contribution in [1.29, 1.82) is 0 Å². The Bertz CT molecular complexity index is 598. The molecular formula is C19H30Cl2N4O2. The number of piperidine rings is 1. The van der Waals surface area contributed by atoms with Crippen molar-refractivity contribution >= 4 is 42.3 Å². The average molecular weight is 417 g/mol. The molecule has 27 heavy (non-hydrogen) atoms. The fraction of sp³-hybridized carbons (Fsp3) is 0.579. The number of benzene rings is 1. The summed E-state index contributed by atoms with van der Waals surface area (Å²) < 4.78 is 0. The quantitative estimate of drug-likeness (QED) is 0.661. The Balaban J connectivity index is 0.00000182. The van der Waals surface area contributed by atoms with Crippen LogP contribution in [0.25, 0.3) is 0 Å². The summed E-state index contributed by atoms with van der Waals surface area (Å²) in [6.07, 6.45) is 4.69. The van der Waals surface area contributed by atoms with E-state index < -0.39 is 0 Å². The minimum atomic E-state index is -0.162. The molecule has 0 radical (unpaired) electrons. The lowest BCUT2D eigenvalue weighted by molar-refractivity contribution is -0.123. The van der Waals surface area contributed by atoms with Crippen molar-refractivity contribution in [2.24, 2.45) is 11.7 Å². The Morgan fingerprint density at radius 1 is 1.11 bits per heavy atom. The predicted octanol–water partition coefficient (Wildman–Crippen LogP) is 1.96. The van der Waals surface area contributed by atoms with Crippen molar-refractivity contribution in [1.82, 2.24) is 10.2 Å². The van der Waals surface area contributed by atoms with Gasteiger partial charge in [0, 0.05) is 18.2 Å². The Labute approximate surface area is 173 Å².